The van der Waals surface area contributed by atoms with Crippen LogP contribution in [0, 0.1) is 0 Å². The van der Waals surface area contributed by atoms with Crippen molar-refractivity contribution in [2.45, 2.75) is 13.2 Å². The fourth-order valence-electron chi connectivity index (χ4n) is 2.91. The topological polar surface area (TPSA) is 64.9 Å². The molecule has 0 spiro atoms. The fourth-order valence-corrected chi connectivity index (χ4v) is 3.14. The van der Waals surface area contributed by atoms with Crippen LogP contribution in [0.25, 0.3) is 5.65 Å². The molecule has 0 atom stereocenters. The Kier molecular flexibility index (Phi) is 5.99. The lowest BCUT2D eigenvalue weighted by Crippen LogP contribution is -2.12. The van der Waals surface area contributed by atoms with Gasteiger partial charge in [0, 0.05) is 23.6 Å². The molecular weight excluding hydrogens is 428 g/mol. The molecule has 31 heavy (non-hydrogen) atoms. The van der Waals surface area contributed by atoms with Crippen molar-refractivity contribution in [1.82, 2.24) is 9.38 Å². The van der Waals surface area contributed by atoms with Gasteiger partial charge in [0.2, 0.25) is 0 Å². The van der Waals surface area contributed by atoms with Gasteiger partial charge in [-0.3, -0.25) is 4.79 Å². The number of halogens is 3. The lowest BCUT2D eigenvalue weighted by atomic mass is 10.2. The summed E-state index contributed by atoms with van der Waals surface area (Å²) in [6, 6.07) is 16.4. The predicted molar refractivity (Wildman–Crippen MR) is 112 cm³/mol. The average Bonchev–Trinajstić information content (AvgIpc) is 3.17. The van der Waals surface area contributed by atoms with E-state index in [-0.39, 0.29) is 17.4 Å². The molecule has 0 aliphatic heterocycles. The molecule has 2 aromatic carbocycles. The van der Waals surface area contributed by atoms with Gasteiger partial charge in [-0.1, -0.05) is 23.7 Å². The Morgan fingerprint density at radius 1 is 1.13 bits per heavy atom. The van der Waals surface area contributed by atoms with E-state index in [2.05, 4.69) is 15.0 Å². The molecule has 0 radical (unpaired) electrons. The number of amides is 1. The fraction of sp³-hybridized carbons (Fsp3) is 0.0909. The van der Waals surface area contributed by atoms with Crippen LogP contribution in [-0.4, -0.2) is 21.9 Å². The van der Waals surface area contributed by atoms with E-state index in [1.807, 2.05) is 35.0 Å². The van der Waals surface area contributed by atoms with Gasteiger partial charge in [0.15, 0.2) is 0 Å². The standard InChI is InChI=1S/C22H16ClF2N3O3/c23-18-11-15(7-8-19(18)31-22(24)25)27-21(29)14-4-3-5-17(10-14)30-13-16-12-28-9-2-1-6-20(28)26-16/h1-12,22H,13H2,(H,27,29). The number of aromatic nitrogens is 2. The number of hydrogen-bond donors (Lipinski definition) is 1. The number of carbonyl (C=O) groups excluding carboxylic acids is 1. The van der Waals surface area contributed by atoms with Gasteiger partial charge in [-0.2, -0.15) is 8.78 Å². The minimum absolute atomic E-state index is 0.0392. The number of alkyl halides is 2. The van der Waals surface area contributed by atoms with Crippen molar-refractivity contribution in [2.75, 3.05) is 5.32 Å². The summed E-state index contributed by atoms with van der Waals surface area (Å²) >= 11 is 5.92. The van der Waals surface area contributed by atoms with Crippen LogP contribution in [0.1, 0.15) is 16.1 Å². The third kappa shape index (κ3) is 5.10. The Bertz CT molecular complexity index is 1200. The van der Waals surface area contributed by atoms with E-state index in [4.69, 9.17) is 16.3 Å². The second-order valence-corrected chi connectivity index (χ2v) is 6.90. The van der Waals surface area contributed by atoms with Crippen LogP contribution in [0.3, 0.4) is 0 Å². The number of hydrogen-bond acceptors (Lipinski definition) is 4. The van der Waals surface area contributed by atoms with Crippen LogP contribution in [0.5, 0.6) is 11.5 Å². The highest BCUT2D eigenvalue weighted by Gasteiger charge is 2.12. The maximum Gasteiger partial charge on any atom is 0.387 e. The summed E-state index contributed by atoms with van der Waals surface area (Å²) in [6.07, 6.45) is 3.77. The molecule has 0 aliphatic rings. The summed E-state index contributed by atoms with van der Waals surface area (Å²) in [4.78, 5) is 17.0. The largest absolute Gasteiger partial charge is 0.487 e. The highest BCUT2D eigenvalue weighted by atomic mass is 35.5. The number of imidazole rings is 1. The first-order valence-corrected chi connectivity index (χ1v) is 9.57. The molecule has 0 aliphatic carbocycles. The van der Waals surface area contributed by atoms with Crippen LogP contribution in [0.2, 0.25) is 5.02 Å². The molecule has 9 heteroatoms. The molecule has 2 aromatic heterocycles. The number of rotatable bonds is 7. The zero-order valence-corrected chi connectivity index (χ0v) is 16.7. The van der Waals surface area contributed by atoms with Gasteiger partial charge in [0.05, 0.1) is 10.7 Å². The first-order chi connectivity index (χ1) is 15.0. The Morgan fingerprint density at radius 3 is 2.77 bits per heavy atom. The molecule has 0 bridgehead atoms. The van der Waals surface area contributed by atoms with Crippen LogP contribution in [0.4, 0.5) is 14.5 Å². The van der Waals surface area contributed by atoms with Gasteiger partial charge < -0.3 is 19.2 Å². The molecular formula is C22H16ClF2N3O3. The number of nitrogens with one attached hydrogen (secondary N) is 1. The summed E-state index contributed by atoms with van der Waals surface area (Å²) in [5, 5.41) is 2.62. The third-order valence-electron chi connectivity index (χ3n) is 4.30. The van der Waals surface area contributed by atoms with Crippen molar-refractivity contribution < 1.29 is 23.0 Å². The van der Waals surface area contributed by atoms with E-state index >= 15 is 0 Å². The maximum absolute atomic E-state index is 12.6. The smallest absolute Gasteiger partial charge is 0.387 e. The van der Waals surface area contributed by atoms with Crippen molar-refractivity contribution >= 4 is 28.8 Å². The van der Waals surface area contributed by atoms with E-state index in [9.17, 15) is 13.6 Å². The number of ether oxygens (including phenoxy) is 2. The SMILES string of the molecule is O=C(Nc1ccc(OC(F)F)c(Cl)c1)c1cccc(OCc2cn3ccccc3n2)c1. The Labute approximate surface area is 181 Å². The molecule has 4 rings (SSSR count). The van der Waals surface area contributed by atoms with Gasteiger partial charge in [0.25, 0.3) is 5.91 Å². The number of fused-ring (bicyclic) bond motifs is 1. The van der Waals surface area contributed by atoms with Crippen molar-refractivity contribution in [3.05, 3.63) is 89.3 Å². The third-order valence-corrected chi connectivity index (χ3v) is 4.60. The van der Waals surface area contributed by atoms with E-state index in [1.54, 1.807) is 24.3 Å². The van der Waals surface area contributed by atoms with Gasteiger partial charge in [-0.15, -0.1) is 0 Å². The summed E-state index contributed by atoms with van der Waals surface area (Å²) in [6.45, 7) is -2.74. The number of nitrogens with zero attached hydrogens (tertiary/aromatic N) is 2. The van der Waals surface area contributed by atoms with Gasteiger partial charge in [-0.05, 0) is 48.5 Å². The second kappa shape index (κ2) is 9.01. The zero-order chi connectivity index (χ0) is 21.8. The van der Waals surface area contributed by atoms with Crippen LogP contribution in [0.15, 0.2) is 73.1 Å². The molecule has 2 heterocycles. The monoisotopic (exact) mass is 443 g/mol. The minimum Gasteiger partial charge on any atom is -0.487 e. The number of anilines is 1. The van der Waals surface area contributed by atoms with Crippen molar-refractivity contribution in [2.24, 2.45) is 0 Å². The van der Waals surface area contributed by atoms with Crippen molar-refractivity contribution in [3.8, 4) is 11.5 Å². The molecule has 0 saturated heterocycles. The van der Waals surface area contributed by atoms with Gasteiger partial charge in [0.1, 0.15) is 23.8 Å². The molecule has 1 amide bonds. The first kappa shape index (κ1) is 20.6. The summed E-state index contributed by atoms with van der Waals surface area (Å²) in [5.74, 6) is -0.0720. The summed E-state index contributed by atoms with van der Waals surface area (Å²) < 4.78 is 36.6. The molecule has 1 N–H and O–H groups in total. The molecule has 6 nitrogen and oxygen atoms in total. The zero-order valence-electron chi connectivity index (χ0n) is 16.0. The van der Waals surface area contributed by atoms with Gasteiger partial charge in [-0.25, -0.2) is 4.98 Å². The molecule has 0 fully saturated rings. The number of pyridine rings is 1. The van der Waals surface area contributed by atoms with E-state index in [0.717, 1.165) is 11.3 Å². The summed E-state index contributed by atoms with van der Waals surface area (Å²) in [7, 11) is 0. The van der Waals surface area contributed by atoms with Crippen LogP contribution in [-0.2, 0) is 6.61 Å². The van der Waals surface area contributed by atoms with Crippen LogP contribution < -0.4 is 14.8 Å². The first-order valence-electron chi connectivity index (χ1n) is 9.19. The molecule has 0 saturated carbocycles. The lowest BCUT2D eigenvalue weighted by molar-refractivity contribution is -0.0497. The van der Waals surface area contributed by atoms with E-state index in [1.165, 1.54) is 18.2 Å². The summed E-state index contributed by atoms with van der Waals surface area (Å²) in [5.41, 5.74) is 2.27. The molecule has 4 aromatic rings. The second-order valence-electron chi connectivity index (χ2n) is 6.49. The highest BCUT2D eigenvalue weighted by Crippen LogP contribution is 2.29. The lowest BCUT2D eigenvalue weighted by Gasteiger charge is -2.10. The van der Waals surface area contributed by atoms with E-state index in [0.29, 0.717) is 17.0 Å². The Hall–Kier alpha value is -3.65. The normalized spacial score (nSPS) is 11.0. The maximum atomic E-state index is 12.6. The Morgan fingerprint density at radius 2 is 2.00 bits per heavy atom. The van der Waals surface area contributed by atoms with Gasteiger partial charge >= 0.3 is 6.61 Å². The minimum atomic E-state index is -2.98. The molecule has 0 unspecified atom stereocenters. The van der Waals surface area contributed by atoms with Crippen LogP contribution >= 0.6 is 11.6 Å². The van der Waals surface area contributed by atoms with Crippen molar-refractivity contribution in [1.29, 1.82) is 0 Å². The predicted octanol–water partition coefficient (Wildman–Crippen LogP) is 5.42. The quantitative estimate of drug-likeness (QED) is 0.414. The molecule has 158 valence electrons. The highest BCUT2D eigenvalue weighted by molar-refractivity contribution is 6.32. The number of benzene rings is 2. The number of carbonyl (C=O) groups is 1. The Balaban J connectivity index is 1.41. The van der Waals surface area contributed by atoms with Crippen molar-refractivity contribution in [3.63, 3.8) is 0 Å². The van der Waals surface area contributed by atoms with E-state index < -0.39 is 12.5 Å². The average molecular weight is 444 g/mol.